The Bertz CT molecular complexity index is 144. The smallest absolute Gasteiger partial charge is 0.311 e. The van der Waals surface area contributed by atoms with Crippen molar-refractivity contribution in [2.75, 3.05) is 13.2 Å². The summed E-state index contributed by atoms with van der Waals surface area (Å²) in [6.45, 7) is 5.25. The molecule has 0 unspecified atom stereocenters. The molecule has 0 spiro atoms. The lowest BCUT2D eigenvalue weighted by Gasteiger charge is -2.03. The highest BCUT2D eigenvalue weighted by atomic mass is 35.6. The summed E-state index contributed by atoms with van der Waals surface area (Å²) in [6.07, 6.45) is 4.02. The molecule has 0 aliphatic heterocycles. The van der Waals surface area contributed by atoms with Gasteiger partial charge in [-0.2, -0.15) is 0 Å². The topological polar surface area (TPSA) is 35.5 Å². The highest BCUT2D eigenvalue weighted by Crippen LogP contribution is 2.24. The van der Waals surface area contributed by atoms with E-state index in [0.717, 1.165) is 25.7 Å². The molecule has 0 N–H and O–H groups in total. The highest BCUT2D eigenvalue weighted by Gasteiger charge is 1.97. The number of hydrogen-bond donors (Lipinski definition) is 0. The van der Waals surface area contributed by atoms with Crippen LogP contribution < -0.4 is 0 Å². The first kappa shape index (κ1) is 19.4. The third kappa shape index (κ3) is 24.3. The minimum Gasteiger partial charge on any atom is -0.311 e. The van der Waals surface area contributed by atoms with E-state index in [1.165, 1.54) is 0 Å². The number of rotatable bonds is 8. The third-order valence-corrected chi connectivity index (χ3v) is 2.32. The van der Waals surface area contributed by atoms with Gasteiger partial charge in [0.05, 0.1) is 13.2 Å². The second-order valence-electron chi connectivity index (χ2n) is 2.90. The Balaban J connectivity index is 0. The zero-order valence-corrected chi connectivity index (χ0v) is 12.9. The van der Waals surface area contributed by atoms with E-state index in [9.17, 15) is 4.57 Å². The lowest BCUT2D eigenvalue weighted by atomic mass is 10.4. The summed E-state index contributed by atoms with van der Waals surface area (Å²) in [5, 5.41) is 0. The molecule has 0 saturated carbocycles. The summed E-state index contributed by atoms with van der Waals surface area (Å²) in [5.74, 6) is 0. The van der Waals surface area contributed by atoms with Gasteiger partial charge in [0, 0.05) is 0 Å². The first-order chi connectivity index (χ1) is 7.54. The van der Waals surface area contributed by atoms with Gasteiger partial charge in [-0.25, -0.2) is 0 Å². The van der Waals surface area contributed by atoms with Crippen molar-refractivity contribution in [1.82, 2.24) is 0 Å². The van der Waals surface area contributed by atoms with Crippen LogP contribution in [0.25, 0.3) is 0 Å². The van der Waals surface area contributed by atoms with E-state index in [-0.39, 0.29) is 0 Å². The van der Waals surface area contributed by atoms with Gasteiger partial charge in [0.1, 0.15) is 0 Å². The van der Waals surface area contributed by atoms with Crippen molar-refractivity contribution in [2.24, 2.45) is 0 Å². The van der Waals surface area contributed by atoms with Gasteiger partial charge in [-0.1, -0.05) is 61.5 Å². The van der Waals surface area contributed by atoms with Crippen LogP contribution in [-0.2, 0) is 13.6 Å². The summed E-state index contributed by atoms with van der Waals surface area (Å²) in [4.78, 5) is 0. The number of alkyl halides is 3. The van der Waals surface area contributed by atoms with Crippen molar-refractivity contribution in [1.29, 1.82) is 0 Å². The summed E-state index contributed by atoms with van der Waals surface area (Å²) in [6, 6.07) is 0. The first-order valence-corrected chi connectivity index (χ1v) is 7.79. The molecule has 0 saturated heterocycles. The molecule has 0 rings (SSSR count). The molecule has 100 valence electrons. The van der Waals surface area contributed by atoms with Crippen molar-refractivity contribution < 1.29 is 13.6 Å². The quantitative estimate of drug-likeness (QED) is 0.359. The van der Waals surface area contributed by atoms with E-state index in [1.54, 1.807) is 0 Å². The fourth-order valence-corrected chi connectivity index (χ4v) is 1.35. The molecule has 0 amide bonds. The van der Waals surface area contributed by atoms with Crippen LogP contribution in [0.4, 0.5) is 0 Å². The van der Waals surface area contributed by atoms with Gasteiger partial charge in [-0.05, 0) is 12.8 Å². The maximum atomic E-state index is 10.9. The van der Waals surface area contributed by atoms with Gasteiger partial charge >= 0.3 is 8.25 Å². The Kier molecular flexibility index (Phi) is 19.4. The number of halogens is 3. The molecule has 0 fully saturated rings. The zero-order valence-electron chi connectivity index (χ0n) is 9.68. The Morgan fingerprint density at radius 2 is 1.31 bits per heavy atom. The molecule has 0 aromatic carbocycles. The molecule has 3 nitrogen and oxygen atoms in total. The van der Waals surface area contributed by atoms with Crippen molar-refractivity contribution in [2.45, 2.75) is 43.8 Å². The molecular formula is C9H20Cl3O3P. The normalized spacial score (nSPS) is 10.4. The maximum absolute atomic E-state index is 10.9. The second-order valence-corrected chi connectivity index (χ2v) is 5.96. The van der Waals surface area contributed by atoms with Crippen LogP contribution in [0.1, 0.15) is 39.5 Å². The average Bonchev–Trinajstić information content (AvgIpc) is 2.18. The van der Waals surface area contributed by atoms with E-state index >= 15 is 0 Å². The van der Waals surface area contributed by atoms with Crippen molar-refractivity contribution in [3.63, 3.8) is 0 Å². The maximum Gasteiger partial charge on any atom is 0.319 e. The number of unbranched alkanes of at least 4 members (excludes halogenated alkanes) is 2. The van der Waals surface area contributed by atoms with Crippen LogP contribution in [0.3, 0.4) is 0 Å². The first-order valence-electron chi connectivity index (χ1n) is 5.26. The molecule has 0 heterocycles. The average molecular weight is 314 g/mol. The molecule has 0 bridgehead atoms. The molecular weight excluding hydrogens is 293 g/mol. The second kappa shape index (κ2) is 16.0. The fourth-order valence-electron chi connectivity index (χ4n) is 0.641. The predicted molar refractivity (Wildman–Crippen MR) is 72.1 cm³/mol. The predicted octanol–water partition coefficient (Wildman–Crippen LogP) is 5.00. The fraction of sp³-hybridized carbons (Fsp3) is 1.00. The van der Waals surface area contributed by atoms with Crippen LogP contribution >= 0.6 is 43.1 Å². The van der Waals surface area contributed by atoms with Crippen LogP contribution in [0, 0.1) is 0 Å². The molecule has 0 aromatic heterocycles. The van der Waals surface area contributed by atoms with Gasteiger partial charge in [0.2, 0.25) is 0 Å². The van der Waals surface area contributed by atoms with E-state index in [0.29, 0.717) is 13.2 Å². The van der Waals surface area contributed by atoms with Crippen LogP contribution in [0.15, 0.2) is 0 Å². The minimum atomic E-state index is -2.18. The Hall–Kier alpha value is 1.02. The summed E-state index contributed by atoms with van der Waals surface area (Å²) in [5.41, 5.74) is 0. The van der Waals surface area contributed by atoms with Crippen LogP contribution in [0.5, 0.6) is 0 Å². The largest absolute Gasteiger partial charge is 0.319 e. The van der Waals surface area contributed by atoms with Crippen LogP contribution in [-0.4, -0.2) is 17.5 Å². The Morgan fingerprint density at radius 3 is 1.56 bits per heavy atom. The van der Waals surface area contributed by atoms with Gasteiger partial charge in [-0.15, -0.1) is 0 Å². The van der Waals surface area contributed by atoms with Crippen molar-refractivity contribution in [3.8, 4) is 0 Å². The highest BCUT2D eigenvalue weighted by molar-refractivity contribution is 7.33. The number of hydrogen-bond acceptors (Lipinski definition) is 3. The van der Waals surface area contributed by atoms with Gasteiger partial charge in [0.15, 0.2) is 4.30 Å². The zero-order chi connectivity index (χ0) is 12.8. The third-order valence-electron chi connectivity index (χ3n) is 1.44. The van der Waals surface area contributed by atoms with Gasteiger partial charge < -0.3 is 9.05 Å². The SMILES string of the molecule is CCCCO[PH](=O)OCCCC.ClC(Cl)Cl. The molecule has 0 radical (unpaired) electrons. The lowest BCUT2D eigenvalue weighted by Crippen LogP contribution is -1.90. The van der Waals surface area contributed by atoms with Crippen molar-refractivity contribution in [3.05, 3.63) is 0 Å². The van der Waals surface area contributed by atoms with E-state index < -0.39 is 12.6 Å². The Labute approximate surface area is 114 Å². The van der Waals surface area contributed by atoms with E-state index in [4.69, 9.17) is 43.9 Å². The monoisotopic (exact) mass is 312 g/mol. The molecule has 0 aliphatic carbocycles. The minimum absolute atomic E-state index is 0.556. The van der Waals surface area contributed by atoms with E-state index in [1.807, 2.05) is 0 Å². The van der Waals surface area contributed by atoms with Gasteiger partial charge in [0.25, 0.3) is 0 Å². The molecule has 0 atom stereocenters. The standard InChI is InChI=1S/C8H19O3P.CHCl3/c1-3-5-7-10-12(9)11-8-6-4-2;2-1(3)4/h12H,3-8H2,1-2H3;1H. The van der Waals surface area contributed by atoms with Crippen molar-refractivity contribution >= 4 is 43.1 Å². The summed E-state index contributed by atoms with van der Waals surface area (Å²) >= 11 is 14.4. The van der Waals surface area contributed by atoms with Crippen LogP contribution in [0.2, 0.25) is 0 Å². The molecule has 7 heteroatoms. The molecule has 0 aromatic rings. The Morgan fingerprint density at radius 1 is 1.00 bits per heavy atom. The molecule has 16 heavy (non-hydrogen) atoms. The summed E-state index contributed by atoms with van der Waals surface area (Å²) < 4.78 is 20.1. The molecule has 0 aliphatic rings. The van der Waals surface area contributed by atoms with Gasteiger partial charge in [-0.3, -0.25) is 4.57 Å². The van der Waals surface area contributed by atoms with E-state index in [2.05, 4.69) is 13.8 Å². The summed E-state index contributed by atoms with van der Waals surface area (Å²) in [7, 11) is -2.18. The lowest BCUT2D eigenvalue weighted by molar-refractivity contribution is 0.221.